The molecule has 0 radical (unpaired) electrons. The summed E-state index contributed by atoms with van der Waals surface area (Å²) in [6.07, 6.45) is 2.95. The molecule has 2 heterocycles. The van der Waals surface area contributed by atoms with Gasteiger partial charge in [0, 0.05) is 43.8 Å². The molecule has 0 atom stereocenters. The van der Waals surface area contributed by atoms with Gasteiger partial charge in [0.2, 0.25) is 11.8 Å². The summed E-state index contributed by atoms with van der Waals surface area (Å²) in [5.41, 5.74) is 2.15. The van der Waals surface area contributed by atoms with Gasteiger partial charge in [0.05, 0.1) is 6.61 Å². The lowest BCUT2D eigenvalue weighted by Crippen LogP contribution is -2.48. The summed E-state index contributed by atoms with van der Waals surface area (Å²) >= 11 is 0. The van der Waals surface area contributed by atoms with Crippen molar-refractivity contribution in [3.8, 4) is 5.88 Å². The molecule has 0 unspecified atom stereocenters. The van der Waals surface area contributed by atoms with E-state index in [1.54, 1.807) is 23.2 Å². The number of piperazine rings is 1. The van der Waals surface area contributed by atoms with Crippen molar-refractivity contribution < 1.29 is 14.3 Å². The summed E-state index contributed by atoms with van der Waals surface area (Å²) in [5.74, 6) is 0.0337. The standard InChI is InChI=1S/C21H24N4O3/c1-3-19(26)25-14-12-24(13-15-25)17-9-7-16(8-10-17)23-20(27)18-6-5-11-22-21(18)28-4-2/h3,5-11H,1,4,12-15H2,2H3,(H,23,27). The smallest absolute Gasteiger partial charge is 0.261 e. The molecule has 7 heteroatoms. The second kappa shape index (κ2) is 9.03. The van der Waals surface area contributed by atoms with Crippen molar-refractivity contribution in [2.45, 2.75) is 6.92 Å². The minimum absolute atomic E-state index is 0.0282. The number of ether oxygens (including phenoxy) is 1. The van der Waals surface area contributed by atoms with Crippen LogP contribution in [0.5, 0.6) is 5.88 Å². The van der Waals surface area contributed by atoms with Crippen LogP contribution in [0.3, 0.4) is 0 Å². The van der Waals surface area contributed by atoms with Gasteiger partial charge in [-0.05, 0) is 49.4 Å². The van der Waals surface area contributed by atoms with Crippen LogP contribution in [0.2, 0.25) is 0 Å². The largest absolute Gasteiger partial charge is 0.477 e. The minimum Gasteiger partial charge on any atom is -0.477 e. The molecule has 0 bridgehead atoms. The Morgan fingerprint density at radius 1 is 1.18 bits per heavy atom. The lowest BCUT2D eigenvalue weighted by atomic mass is 10.2. The molecule has 2 aromatic rings. The molecular formula is C21H24N4O3. The van der Waals surface area contributed by atoms with E-state index in [1.165, 1.54) is 6.08 Å². The Bertz CT molecular complexity index is 843. The summed E-state index contributed by atoms with van der Waals surface area (Å²) < 4.78 is 5.42. The fourth-order valence-electron chi connectivity index (χ4n) is 3.08. The van der Waals surface area contributed by atoms with Crippen LogP contribution in [0.1, 0.15) is 17.3 Å². The fourth-order valence-corrected chi connectivity index (χ4v) is 3.08. The Morgan fingerprint density at radius 3 is 2.54 bits per heavy atom. The highest BCUT2D eigenvalue weighted by Gasteiger charge is 2.19. The number of nitrogens with zero attached hydrogens (tertiary/aromatic N) is 3. The van der Waals surface area contributed by atoms with Crippen molar-refractivity contribution in [2.24, 2.45) is 0 Å². The summed E-state index contributed by atoms with van der Waals surface area (Å²) in [5, 5.41) is 2.88. The van der Waals surface area contributed by atoms with Crippen LogP contribution in [-0.4, -0.2) is 54.5 Å². The molecule has 0 saturated carbocycles. The molecule has 1 aliphatic rings. The number of pyridine rings is 1. The van der Waals surface area contributed by atoms with Crippen LogP contribution in [0, 0.1) is 0 Å². The molecule has 0 aliphatic carbocycles. The second-order valence-corrected chi connectivity index (χ2v) is 6.31. The highest BCUT2D eigenvalue weighted by Crippen LogP contribution is 2.21. The SMILES string of the molecule is C=CC(=O)N1CCN(c2ccc(NC(=O)c3cccnc3OCC)cc2)CC1. The Balaban J connectivity index is 1.62. The molecular weight excluding hydrogens is 356 g/mol. The number of hydrogen-bond acceptors (Lipinski definition) is 5. The zero-order valence-corrected chi connectivity index (χ0v) is 15.9. The number of rotatable bonds is 6. The maximum Gasteiger partial charge on any atom is 0.261 e. The van der Waals surface area contributed by atoms with Gasteiger partial charge in [0.1, 0.15) is 5.56 Å². The molecule has 2 amide bonds. The molecule has 1 N–H and O–H groups in total. The van der Waals surface area contributed by atoms with Crippen molar-refractivity contribution in [1.29, 1.82) is 0 Å². The van der Waals surface area contributed by atoms with E-state index >= 15 is 0 Å². The van der Waals surface area contributed by atoms with Gasteiger partial charge in [-0.15, -0.1) is 0 Å². The summed E-state index contributed by atoms with van der Waals surface area (Å²) in [6, 6.07) is 11.1. The average molecular weight is 380 g/mol. The Morgan fingerprint density at radius 2 is 1.89 bits per heavy atom. The minimum atomic E-state index is -0.263. The van der Waals surface area contributed by atoms with Gasteiger partial charge in [0.15, 0.2) is 0 Å². The molecule has 0 spiro atoms. The van der Waals surface area contributed by atoms with Crippen LogP contribution in [0.4, 0.5) is 11.4 Å². The first-order chi connectivity index (χ1) is 13.6. The normalized spacial score (nSPS) is 13.8. The summed E-state index contributed by atoms with van der Waals surface area (Å²) in [7, 11) is 0. The van der Waals surface area contributed by atoms with Crippen molar-refractivity contribution in [3.63, 3.8) is 0 Å². The first-order valence-corrected chi connectivity index (χ1v) is 9.28. The molecule has 7 nitrogen and oxygen atoms in total. The third-order valence-corrected chi connectivity index (χ3v) is 4.55. The average Bonchev–Trinajstić information content (AvgIpc) is 2.74. The van der Waals surface area contributed by atoms with E-state index in [-0.39, 0.29) is 11.8 Å². The quantitative estimate of drug-likeness (QED) is 0.780. The zero-order chi connectivity index (χ0) is 19.9. The van der Waals surface area contributed by atoms with E-state index in [2.05, 4.69) is 21.8 Å². The first kappa shape index (κ1) is 19.4. The van der Waals surface area contributed by atoms with Crippen LogP contribution in [-0.2, 0) is 4.79 Å². The third kappa shape index (κ3) is 4.49. The third-order valence-electron chi connectivity index (χ3n) is 4.55. The van der Waals surface area contributed by atoms with E-state index < -0.39 is 0 Å². The van der Waals surface area contributed by atoms with E-state index in [9.17, 15) is 9.59 Å². The van der Waals surface area contributed by atoms with Gasteiger partial charge < -0.3 is 19.9 Å². The highest BCUT2D eigenvalue weighted by molar-refractivity contribution is 6.05. The van der Waals surface area contributed by atoms with Gasteiger partial charge >= 0.3 is 0 Å². The number of benzene rings is 1. The van der Waals surface area contributed by atoms with E-state index in [0.29, 0.717) is 36.8 Å². The maximum absolute atomic E-state index is 12.5. The highest BCUT2D eigenvalue weighted by atomic mass is 16.5. The van der Waals surface area contributed by atoms with Crippen LogP contribution in [0.15, 0.2) is 55.3 Å². The second-order valence-electron chi connectivity index (χ2n) is 6.31. The van der Waals surface area contributed by atoms with Gasteiger partial charge in [-0.1, -0.05) is 6.58 Å². The number of hydrogen-bond donors (Lipinski definition) is 1. The van der Waals surface area contributed by atoms with Gasteiger partial charge in [-0.25, -0.2) is 4.98 Å². The van der Waals surface area contributed by atoms with E-state index in [4.69, 9.17) is 4.74 Å². The van der Waals surface area contributed by atoms with Crippen molar-refractivity contribution in [1.82, 2.24) is 9.88 Å². The number of amides is 2. The predicted molar refractivity (Wildman–Crippen MR) is 109 cm³/mol. The van der Waals surface area contributed by atoms with Crippen molar-refractivity contribution >= 4 is 23.2 Å². The Hall–Kier alpha value is -3.35. The van der Waals surface area contributed by atoms with Gasteiger partial charge in [0.25, 0.3) is 5.91 Å². The van der Waals surface area contributed by atoms with E-state index in [1.807, 2.05) is 31.2 Å². The van der Waals surface area contributed by atoms with Crippen LogP contribution < -0.4 is 15.0 Å². The molecule has 1 fully saturated rings. The molecule has 3 rings (SSSR count). The van der Waals surface area contributed by atoms with Gasteiger partial charge in [-0.2, -0.15) is 0 Å². The molecule has 28 heavy (non-hydrogen) atoms. The molecule has 1 aromatic heterocycles. The zero-order valence-electron chi connectivity index (χ0n) is 15.9. The number of nitrogens with one attached hydrogen (secondary N) is 1. The Labute approximate surface area is 164 Å². The number of carbonyl (C=O) groups is 2. The van der Waals surface area contributed by atoms with E-state index in [0.717, 1.165) is 18.8 Å². The van der Waals surface area contributed by atoms with Crippen molar-refractivity contribution in [3.05, 3.63) is 60.8 Å². The fraction of sp³-hybridized carbons (Fsp3) is 0.286. The lowest BCUT2D eigenvalue weighted by Gasteiger charge is -2.35. The molecule has 1 aromatic carbocycles. The van der Waals surface area contributed by atoms with Crippen molar-refractivity contribution in [2.75, 3.05) is 43.0 Å². The van der Waals surface area contributed by atoms with Gasteiger partial charge in [-0.3, -0.25) is 9.59 Å². The lowest BCUT2D eigenvalue weighted by molar-refractivity contribution is -0.126. The monoisotopic (exact) mass is 380 g/mol. The summed E-state index contributed by atoms with van der Waals surface area (Å²) in [6.45, 7) is 8.69. The number of carbonyl (C=O) groups excluding carboxylic acids is 2. The maximum atomic E-state index is 12.5. The Kier molecular flexibility index (Phi) is 6.26. The predicted octanol–water partition coefficient (Wildman–Crippen LogP) is 2.57. The molecule has 1 aliphatic heterocycles. The molecule has 146 valence electrons. The van der Waals surface area contributed by atoms with Crippen LogP contribution >= 0.6 is 0 Å². The summed E-state index contributed by atoms with van der Waals surface area (Å²) in [4.78, 5) is 32.3. The van der Waals surface area contributed by atoms with Crippen LogP contribution in [0.25, 0.3) is 0 Å². The molecule has 1 saturated heterocycles. The number of anilines is 2. The number of aromatic nitrogens is 1. The topological polar surface area (TPSA) is 74.8 Å². The first-order valence-electron chi connectivity index (χ1n) is 9.28.